The number of hydrogen-bond donors (Lipinski definition) is 1. The monoisotopic (exact) mass is 351 g/mol. The van der Waals surface area contributed by atoms with Crippen molar-refractivity contribution < 1.29 is 14.3 Å². The molecule has 2 aromatic carbocycles. The van der Waals surface area contributed by atoms with Gasteiger partial charge in [0.25, 0.3) is 0 Å². The summed E-state index contributed by atoms with van der Waals surface area (Å²) in [5.41, 5.74) is 9.20. The Kier molecular flexibility index (Phi) is 3.93. The van der Waals surface area contributed by atoms with Gasteiger partial charge in [-0.25, -0.2) is 0 Å². The minimum atomic E-state index is -0.0994. The third-order valence-electron chi connectivity index (χ3n) is 4.21. The second kappa shape index (κ2) is 6.26. The quantitative estimate of drug-likeness (QED) is 0.714. The van der Waals surface area contributed by atoms with E-state index in [1.807, 2.05) is 37.3 Å². The number of nitrogens with two attached hydrogens (primary N) is 1. The van der Waals surface area contributed by atoms with Gasteiger partial charge in [0.15, 0.2) is 17.3 Å². The maximum atomic E-state index is 13.2. The van der Waals surface area contributed by atoms with Gasteiger partial charge in [0.1, 0.15) is 13.2 Å². The van der Waals surface area contributed by atoms with E-state index in [2.05, 4.69) is 0 Å². The summed E-state index contributed by atoms with van der Waals surface area (Å²) >= 11 is 1.44. The molecule has 1 aliphatic heterocycles. The fourth-order valence-corrected chi connectivity index (χ4v) is 4.02. The van der Waals surface area contributed by atoms with Crippen LogP contribution in [0.2, 0.25) is 0 Å². The lowest BCUT2D eigenvalue weighted by Gasteiger charge is -2.18. The van der Waals surface area contributed by atoms with Gasteiger partial charge < -0.3 is 15.2 Å². The minimum Gasteiger partial charge on any atom is -0.486 e. The van der Waals surface area contributed by atoms with Crippen molar-refractivity contribution in [3.05, 3.63) is 64.5 Å². The first-order chi connectivity index (χ1) is 12.1. The molecule has 1 aliphatic rings. The molecule has 0 fully saturated rings. The fraction of sp³-hybridized carbons (Fsp3) is 0.150. The number of ketones is 1. The average Bonchev–Trinajstić information content (AvgIpc) is 2.95. The van der Waals surface area contributed by atoms with Crippen LogP contribution in [0.5, 0.6) is 11.5 Å². The Morgan fingerprint density at radius 3 is 2.52 bits per heavy atom. The minimum absolute atomic E-state index is 0.0994. The third-order valence-corrected chi connectivity index (χ3v) is 5.14. The van der Waals surface area contributed by atoms with Crippen LogP contribution >= 0.6 is 11.3 Å². The highest BCUT2D eigenvalue weighted by atomic mass is 32.1. The Bertz CT molecular complexity index is 947. The Morgan fingerprint density at radius 1 is 1.04 bits per heavy atom. The number of ether oxygens (including phenoxy) is 2. The SMILES string of the molecule is Cc1sc(N)c(C(=O)c2ccc3c(c2)OCCO3)c1-c1ccccc1. The van der Waals surface area contributed by atoms with Gasteiger partial charge in [-0.2, -0.15) is 0 Å². The lowest BCUT2D eigenvalue weighted by molar-refractivity contribution is 0.103. The number of rotatable bonds is 3. The van der Waals surface area contributed by atoms with Gasteiger partial charge in [0.2, 0.25) is 0 Å². The van der Waals surface area contributed by atoms with Crippen LogP contribution in [0, 0.1) is 6.92 Å². The maximum absolute atomic E-state index is 13.2. The normalized spacial score (nSPS) is 12.8. The van der Waals surface area contributed by atoms with Gasteiger partial charge in [-0.1, -0.05) is 30.3 Å². The molecule has 0 amide bonds. The molecule has 3 aromatic rings. The van der Waals surface area contributed by atoms with Gasteiger partial charge in [-0.05, 0) is 30.7 Å². The number of hydrogen-bond acceptors (Lipinski definition) is 5. The third kappa shape index (κ3) is 2.76. The summed E-state index contributed by atoms with van der Waals surface area (Å²) in [4.78, 5) is 14.2. The van der Waals surface area contributed by atoms with E-state index in [1.54, 1.807) is 18.2 Å². The number of benzene rings is 2. The van der Waals surface area contributed by atoms with Crippen LogP contribution in [0.3, 0.4) is 0 Å². The summed E-state index contributed by atoms with van der Waals surface area (Å²) in [6.07, 6.45) is 0. The highest BCUT2D eigenvalue weighted by molar-refractivity contribution is 7.16. The Labute approximate surface area is 149 Å². The van der Waals surface area contributed by atoms with Crippen molar-refractivity contribution in [1.29, 1.82) is 0 Å². The molecule has 126 valence electrons. The maximum Gasteiger partial charge on any atom is 0.196 e. The molecular weight excluding hydrogens is 334 g/mol. The Balaban J connectivity index is 1.81. The molecule has 5 heteroatoms. The summed E-state index contributed by atoms with van der Waals surface area (Å²) in [5.74, 6) is 1.17. The smallest absolute Gasteiger partial charge is 0.196 e. The van der Waals surface area contributed by atoms with E-state index in [0.29, 0.717) is 40.8 Å². The van der Waals surface area contributed by atoms with Crippen LogP contribution in [0.1, 0.15) is 20.8 Å². The molecular formula is C20H17NO3S. The van der Waals surface area contributed by atoms with Crippen molar-refractivity contribution in [3.63, 3.8) is 0 Å². The van der Waals surface area contributed by atoms with Crippen LogP contribution in [0.4, 0.5) is 5.00 Å². The van der Waals surface area contributed by atoms with Gasteiger partial charge >= 0.3 is 0 Å². The van der Waals surface area contributed by atoms with E-state index in [9.17, 15) is 4.79 Å². The van der Waals surface area contributed by atoms with Crippen LogP contribution in [-0.4, -0.2) is 19.0 Å². The first-order valence-electron chi connectivity index (χ1n) is 8.04. The van der Waals surface area contributed by atoms with Crippen molar-refractivity contribution in [3.8, 4) is 22.6 Å². The lowest BCUT2D eigenvalue weighted by Crippen LogP contribution is -2.16. The standard InChI is InChI=1S/C20H17NO3S/c1-12-17(13-5-3-2-4-6-13)18(20(21)25-12)19(22)14-7-8-15-16(11-14)24-10-9-23-15/h2-8,11H,9-10,21H2,1H3. The molecule has 0 saturated heterocycles. The van der Waals surface area contributed by atoms with Crippen molar-refractivity contribution in [2.24, 2.45) is 0 Å². The summed E-state index contributed by atoms with van der Waals surface area (Å²) in [7, 11) is 0. The Hall–Kier alpha value is -2.79. The zero-order valence-electron chi connectivity index (χ0n) is 13.7. The van der Waals surface area contributed by atoms with E-state index < -0.39 is 0 Å². The number of carbonyl (C=O) groups excluding carboxylic acids is 1. The molecule has 4 rings (SSSR count). The highest BCUT2D eigenvalue weighted by Gasteiger charge is 2.24. The summed E-state index contributed by atoms with van der Waals surface area (Å²) in [6.45, 7) is 3.00. The molecule has 0 atom stereocenters. The summed E-state index contributed by atoms with van der Waals surface area (Å²) < 4.78 is 11.1. The first-order valence-corrected chi connectivity index (χ1v) is 8.85. The molecule has 25 heavy (non-hydrogen) atoms. The van der Waals surface area contributed by atoms with Crippen molar-refractivity contribution in [2.45, 2.75) is 6.92 Å². The summed E-state index contributed by atoms with van der Waals surface area (Å²) in [6, 6.07) is 15.1. The topological polar surface area (TPSA) is 61.6 Å². The van der Waals surface area contributed by atoms with E-state index in [4.69, 9.17) is 15.2 Å². The molecule has 0 bridgehead atoms. The number of nitrogen functional groups attached to an aromatic ring is 1. The zero-order chi connectivity index (χ0) is 17.4. The number of fused-ring (bicyclic) bond motifs is 1. The largest absolute Gasteiger partial charge is 0.486 e. The zero-order valence-corrected chi connectivity index (χ0v) is 14.6. The van der Waals surface area contributed by atoms with Crippen molar-refractivity contribution in [1.82, 2.24) is 0 Å². The number of carbonyl (C=O) groups is 1. The van der Waals surface area contributed by atoms with E-state index in [1.165, 1.54) is 11.3 Å². The van der Waals surface area contributed by atoms with Crippen LogP contribution in [-0.2, 0) is 0 Å². The molecule has 1 aromatic heterocycles. The van der Waals surface area contributed by atoms with Crippen LogP contribution in [0.15, 0.2) is 48.5 Å². The average molecular weight is 351 g/mol. The fourth-order valence-electron chi connectivity index (χ4n) is 3.07. The molecule has 2 heterocycles. The molecule has 2 N–H and O–H groups in total. The predicted octanol–water partition coefficient (Wildman–Crippen LogP) is 4.31. The van der Waals surface area contributed by atoms with Gasteiger partial charge in [-0.3, -0.25) is 4.79 Å². The van der Waals surface area contributed by atoms with Crippen molar-refractivity contribution in [2.75, 3.05) is 18.9 Å². The molecule has 0 aliphatic carbocycles. The molecule has 0 radical (unpaired) electrons. The van der Waals surface area contributed by atoms with Crippen LogP contribution in [0.25, 0.3) is 11.1 Å². The van der Waals surface area contributed by atoms with Gasteiger partial charge in [0.05, 0.1) is 10.6 Å². The second-order valence-corrected chi connectivity index (χ2v) is 7.08. The predicted molar refractivity (Wildman–Crippen MR) is 99.8 cm³/mol. The number of anilines is 1. The number of aryl methyl sites for hydroxylation is 1. The van der Waals surface area contributed by atoms with Gasteiger partial charge in [-0.15, -0.1) is 11.3 Å². The van der Waals surface area contributed by atoms with Crippen LogP contribution < -0.4 is 15.2 Å². The molecule has 4 nitrogen and oxygen atoms in total. The lowest BCUT2D eigenvalue weighted by atomic mass is 9.95. The van der Waals surface area contributed by atoms with Gasteiger partial charge in [0, 0.05) is 16.0 Å². The Morgan fingerprint density at radius 2 is 1.76 bits per heavy atom. The molecule has 0 spiro atoms. The molecule has 0 saturated carbocycles. The second-order valence-electron chi connectivity index (χ2n) is 5.83. The van der Waals surface area contributed by atoms with E-state index in [-0.39, 0.29) is 5.78 Å². The van der Waals surface area contributed by atoms with E-state index >= 15 is 0 Å². The van der Waals surface area contributed by atoms with Crippen molar-refractivity contribution >= 4 is 22.1 Å². The number of thiophene rings is 1. The van der Waals surface area contributed by atoms with E-state index in [0.717, 1.165) is 16.0 Å². The first kappa shape index (κ1) is 15.7. The highest BCUT2D eigenvalue weighted by Crippen LogP contribution is 2.40. The molecule has 0 unspecified atom stereocenters. The summed E-state index contributed by atoms with van der Waals surface area (Å²) in [5, 5.41) is 0.538.